The molecule has 0 fully saturated rings. The molecule has 7 heteroatoms. The molecule has 2 rings (SSSR count). The molecule has 0 aromatic heterocycles. The Morgan fingerprint density at radius 2 is 1.92 bits per heavy atom. The SMILES string of the molecule is CCOC(=O)c1cccc(NC(=O)c2cc(Br)cc(Br)c2OC)c1. The molecule has 0 saturated heterocycles. The van der Waals surface area contributed by atoms with Gasteiger partial charge in [0.15, 0.2) is 0 Å². The van der Waals surface area contributed by atoms with Crippen LogP contribution in [0.2, 0.25) is 0 Å². The molecular weight excluding hydrogens is 442 g/mol. The summed E-state index contributed by atoms with van der Waals surface area (Å²) < 4.78 is 11.6. The molecule has 0 bridgehead atoms. The van der Waals surface area contributed by atoms with Gasteiger partial charge in [-0.25, -0.2) is 4.79 Å². The summed E-state index contributed by atoms with van der Waals surface area (Å²) in [4.78, 5) is 24.3. The van der Waals surface area contributed by atoms with Crippen molar-refractivity contribution in [3.8, 4) is 5.75 Å². The summed E-state index contributed by atoms with van der Waals surface area (Å²) in [6.45, 7) is 2.03. The first-order valence-electron chi connectivity index (χ1n) is 7.07. The van der Waals surface area contributed by atoms with E-state index in [1.54, 1.807) is 43.3 Å². The van der Waals surface area contributed by atoms with Crippen LogP contribution in [-0.2, 0) is 4.74 Å². The highest BCUT2D eigenvalue weighted by Crippen LogP contribution is 2.33. The van der Waals surface area contributed by atoms with E-state index >= 15 is 0 Å². The molecule has 0 aliphatic rings. The number of carbonyl (C=O) groups is 2. The summed E-state index contributed by atoms with van der Waals surface area (Å²) in [5, 5.41) is 2.76. The van der Waals surface area contributed by atoms with Gasteiger partial charge in [0, 0.05) is 10.2 Å². The molecule has 0 saturated carbocycles. The highest BCUT2D eigenvalue weighted by atomic mass is 79.9. The van der Waals surface area contributed by atoms with Crippen LogP contribution in [0, 0.1) is 0 Å². The highest BCUT2D eigenvalue weighted by molar-refractivity contribution is 9.11. The molecule has 1 N–H and O–H groups in total. The molecule has 0 radical (unpaired) electrons. The molecule has 0 heterocycles. The minimum atomic E-state index is -0.434. The van der Waals surface area contributed by atoms with Gasteiger partial charge < -0.3 is 14.8 Å². The minimum absolute atomic E-state index is 0.290. The number of carbonyl (C=O) groups excluding carboxylic acids is 2. The fraction of sp³-hybridized carbons (Fsp3) is 0.176. The van der Waals surface area contributed by atoms with E-state index in [4.69, 9.17) is 9.47 Å². The lowest BCUT2D eigenvalue weighted by Gasteiger charge is -2.12. The van der Waals surface area contributed by atoms with Crippen LogP contribution in [0.15, 0.2) is 45.3 Å². The van der Waals surface area contributed by atoms with E-state index in [-0.39, 0.29) is 5.91 Å². The van der Waals surface area contributed by atoms with Crippen molar-refractivity contribution < 1.29 is 19.1 Å². The molecule has 2 aromatic rings. The third-order valence-corrected chi connectivity index (χ3v) is 4.14. The average Bonchev–Trinajstić information content (AvgIpc) is 2.54. The van der Waals surface area contributed by atoms with Gasteiger partial charge in [0.1, 0.15) is 5.75 Å². The maximum absolute atomic E-state index is 12.6. The average molecular weight is 457 g/mol. The Morgan fingerprint density at radius 3 is 2.58 bits per heavy atom. The zero-order valence-electron chi connectivity index (χ0n) is 13.1. The van der Waals surface area contributed by atoms with Crippen molar-refractivity contribution >= 4 is 49.4 Å². The van der Waals surface area contributed by atoms with Crippen molar-refractivity contribution in [2.45, 2.75) is 6.92 Å². The first-order valence-corrected chi connectivity index (χ1v) is 8.66. The summed E-state index contributed by atoms with van der Waals surface area (Å²) in [5.74, 6) is -0.358. The Hall–Kier alpha value is -1.86. The lowest BCUT2D eigenvalue weighted by Crippen LogP contribution is -2.14. The summed E-state index contributed by atoms with van der Waals surface area (Å²) in [5.41, 5.74) is 1.22. The van der Waals surface area contributed by atoms with Crippen molar-refractivity contribution in [1.82, 2.24) is 0 Å². The first kappa shape index (κ1) is 18.5. The highest BCUT2D eigenvalue weighted by Gasteiger charge is 2.17. The zero-order chi connectivity index (χ0) is 17.7. The van der Waals surface area contributed by atoms with Crippen LogP contribution in [-0.4, -0.2) is 25.6 Å². The van der Waals surface area contributed by atoms with Crippen molar-refractivity contribution in [1.29, 1.82) is 0 Å². The minimum Gasteiger partial charge on any atom is -0.495 e. The number of methoxy groups -OCH3 is 1. The van der Waals surface area contributed by atoms with Gasteiger partial charge in [0.25, 0.3) is 5.91 Å². The topological polar surface area (TPSA) is 64.6 Å². The van der Waals surface area contributed by atoms with Crippen LogP contribution in [0.4, 0.5) is 5.69 Å². The van der Waals surface area contributed by atoms with E-state index in [9.17, 15) is 9.59 Å². The van der Waals surface area contributed by atoms with E-state index in [0.29, 0.717) is 33.6 Å². The maximum Gasteiger partial charge on any atom is 0.338 e. The maximum atomic E-state index is 12.6. The van der Waals surface area contributed by atoms with Crippen molar-refractivity contribution in [2.75, 3.05) is 19.0 Å². The summed E-state index contributed by atoms with van der Waals surface area (Å²) in [6.07, 6.45) is 0. The molecule has 5 nitrogen and oxygen atoms in total. The molecule has 1 amide bonds. The molecule has 0 spiro atoms. The second kappa shape index (κ2) is 8.30. The van der Waals surface area contributed by atoms with E-state index in [1.807, 2.05) is 0 Å². The molecule has 24 heavy (non-hydrogen) atoms. The first-order chi connectivity index (χ1) is 11.5. The van der Waals surface area contributed by atoms with Gasteiger partial charge in [-0.1, -0.05) is 22.0 Å². The zero-order valence-corrected chi connectivity index (χ0v) is 16.2. The van der Waals surface area contributed by atoms with Gasteiger partial charge in [-0.15, -0.1) is 0 Å². The standard InChI is InChI=1S/C17H15Br2NO4/c1-3-24-17(22)10-5-4-6-12(7-10)20-16(21)13-8-11(18)9-14(19)15(13)23-2/h4-9H,3H2,1-2H3,(H,20,21). The number of halogens is 2. The monoisotopic (exact) mass is 455 g/mol. The van der Waals surface area contributed by atoms with Crippen molar-refractivity contribution in [2.24, 2.45) is 0 Å². The van der Waals surface area contributed by atoms with E-state index < -0.39 is 5.97 Å². The number of amides is 1. The Morgan fingerprint density at radius 1 is 1.17 bits per heavy atom. The Balaban J connectivity index is 2.28. The lowest BCUT2D eigenvalue weighted by molar-refractivity contribution is 0.0526. The number of nitrogens with one attached hydrogen (secondary N) is 1. The van der Waals surface area contributed by atoms with E-state index in [0.717, 1.165) is 4.47 Å². The molecule has 0 atom stereocenters. The number of anilines is 1. The predicted octanol–water partition coefficient (Wildman–Crippen LogP) is 4.65. The van der Waals surface area contributed by atoms with Gasteiger partial charge in [-0.2, -0.15) is 0 Å². The van der Waals surface area contributed by atoms with Crippen LogP contribution in [0.1, 0.15) is 27.6 Å². The normalized spacial score (nSPS) is 10.2. The third kappa shape index (κ3) is 4.36. The smallest absolute Gasteiger partial charge is 0.338 e. The van der Waals surface area contributed by atoms with Gasteiger partial charge in [-0.3, -0.25) is 4.79 Å². The summed E-state index contributed by atoms with van der Waals surface area (Å²) in [6, 6.07) is 10.0. The predicted molar refractivity (Wildman–Crippen MR) is 98.7 cm³/mol. The quantitative estimate of drug-likeness (QED) is 0.665. The van der Waals surface area contributed by atoms with Crippen LogP contribution >= 0.6 is 31.9 Å². The van der Waals surface area contributed by atoms with Gasteiger partial charge >= 0.3 is 5.97 Å². The molecule has 126 valence electrons. The number of benzene rings is 2. The number of esters is 1. The largest absolute Gasteiger partial charge is 0.495 e. The number of rotatable bonds is 5. The molecule has 2 aromatic carbocycles. The lowest BCUT2D eigenvalue weighted by atomic mass is 10.1. The van der Waals surface area contributed by atoms with Crippen molar-refractivity contribution in [3.63, 3.8) is 0 Å². The van der Waals surface area contributed by atoms with Gasteiger partial charge in [0.2, 0.25) is 0 Å². The fourth-order valence-electron chi connectivity index (χ4n) is 2.07. The van der Waals surface area contributed by atoms with E-state index in [1.165, 1.54) is 7.11 Å². The fourth-order valence-corrected chi connectivity index (χ4v) is 3.46. The second-order valence-electron chi connectivity index (χ2n) is 4.72. The molecule has 0 aliphatic heterocycles. The second-order valence-corrected chi connectivity index (χ2v) is 6.49. The van der Waals surface area contributed by atoms with Gasteiger partial charge in [0.05, 0.1) is 29.3 Å². The van der Waals surface area contributed by atoms with Crippen LogP contribution in [0.3, 0.4) is 0 Å². The third-order valence-electron chi connectivity index (χ3n) is 3.09. The van der Waals surface area contributed by atoms with Crippen LogP contribution in [0.5, 0.6) is 5.75 Å². The van der Waals surface area contributed by atoms with Crippen molar-refractivity contribution in [3.05, 3.63) is 56.5 Å². The summed E-state index contributed by atoms with van der Waals surface area (Å²) in [7, 11) is 1.49. The number of hydrogen-bond donors (Lipinski definition) is 1. The molecule has 0 aliphatic carbocycles. The molecular formula is C17H15Br2NO4. The van der Waals surface area contributed by atoms with Crippen LogP contribution in [0.25, 0.3) is 0 Å². The Kier molecular flexibility index (Phi) is 6.39. The number of hydrogen-bond acceptors (Lipinski definition) is 4. The summed E-state index contributed by atoms with van der Waals surface area (Å²) >= 11 is 6.71. The molecule has 0 unspecified atom stereocenters. The number of ether oxygens (including phenoxy) is 2. The van der Waals surface area contributed by atoms with E-state index in [2.05, 4.69) is 37.2 Å². The Bertz CT molecular complexity index is 777. The van der Waals surface area contributed by atoms with Gasteiger partial charge in [-0.05, 0) is 53.2 Å². The van der Waals surface area contributed by atoms with Crippen LogP contribution < -0.4 is 10.1 Å². The Labute approximate surface area is 156 Å².